The molecule has 0 saturated carbocycles. The molecular formula is C18H24N8O. The molecule has 1 aliphatic rings. The minimum atomic E-state index is 0.0452. The van der Waals surface area contributed by atoms with Gasteiger partial charge in [-0.15, -0.1) is 0 Å². The van der Waals surface area contributed by atoms with Gasteiger partial charge in [0.2, 0.25) is 0 Å². The summed E-state index contributed by atoms with van der Waals surface area (Å²) in [5.74, 6) is 1.61. The van der Waals surface area contributed by atoms with Crippen LogP contribution < -0.4 is 4.90 Å². The van der Waals surface area contributed by atoms with Gasteiger partial charge in [-0.25, -0.2) is 4.98 Å². The first-order chi connectivity index (χ1) is 13.1. The summed E-state index contributed by atoms with van der Waals surface area (Å²) in [6.45, 7) is 6.86. The van der Waals surface area contributed by atoms with Crippen LogP contribution in [0.5, 0.6) is 0 Å². The zero-order chi connectivity index (χ0) is 19.0. The number of aryl methyl sites for hydroxylation is 3. The molecule has 0 N–H and O–H groups in total. The van der Waals surface area contributed by atoms with Crippen molar-refractivity contribution in [2.75, 3.05) is 31.1 Å². The molecule has 0 spiro atoms. The van der Waals surface area contributed by atoms with Gasteiger partial charge in [-0.3, -0.25) is 9.48 Å². The molecule has 0 aromatic carbocycles. The molecule has 0 aliphatic carbocycles. The van der Waals surface area contributed by atoms with E-state index in [2.05, 4.69) is 32.0 Å². The van der Waals surface area contributed by atoms with Gasteiger partial charge >= 0.3 is 0 Å². The van der Waals surface area contributed by atoms with Crippen molar-refractivity contribution in [1.82, 2.24) is 34.3 Å². The largest absolute Gasteiger partial charge is 0.353 e. The Kier molecular flexibility index (Phi) is 4.51. The van der Waals surface area contributed by atoms with Crippen molar-refractivity contribution in [3.8, 4) is 0 Å². The maximum Gasteiger partial charge on any atom is 0.272 e. The number of piperazine rings is 1. The molecule has 1 saturated heterocycles. The third-order valence-electron chi connectivity index (χ3n) is 4.91. The predicted molar refractivity (Wildman–Crippen MR) is 101 cm³/mol. The molecule has 1 aliphatic heterocycles. The second-order valence-electron chi connectivity index (χ2n) is 6.90. The molecule has 1 fully saturated rings. The van der Waals surface area contributed by atoms with Gasteiger partial charge in [-0.1, -0.05) is 13.3 Å². The summed E-state index contributed by atoms with van der Waals surface area (Å²) in [6, 6.07) is 3.93. The van der Waals surface area contributed by atoms with E-state index in [1.807, 2.05) is 31.0 Å². The Morgan fingerprint density at radius 1 is 1.19 bits per heavy atom. The Balaban J connectivity index is 1.48. The summed E-state index contributed by atoms with van der Waals surface area (Å²) in [4.78, 5) is 25.6. The van der Waals surface area contributed by atoms with Crippen LogP contribution in [0, 0.1) is 6.92 Å². The average Bonchev–Trinajstić information content (AvgIpc) is 3.27. The fourth-order valence-electron chi connectivity index (χ4n) is 3.54. The first-order valence-corrected chi connectivity index (χ1v) is 9.31. The van der Waals surface area contributed by atoms with Crippen LogP contribution in [0.3, 0.4) is 0 Å². The van der Waals surface area contributed by atoms with Crippen molar-refractivity contribution in [3.63, 3.8) is 0 Å². The number of aromatic nitrogens is 6. The van der Waals surface area contributed by atoms with Gasteiger partial charge in [0.25, 0.3) is 11.7 Å². The number of hydrogen-bond acceptors (Lipinski definition) is 6. The summed E-state index contributed by atoms with van der Waals surface area (Å²) >= 11 is 0. The number of nitrogens with zero attached hydrogens (tertiary/aromatic N) is 8. The lowest BCUT2D eigenvalue weighted by Crippen LogP contribution is -2.49. The quantitative estimate of drug-likeness (QED) is 0.685. The molecule has 9 nitrogen and oxygen atoms in total. The number of anilines is 1. The molecule has 4 rings (SSSR count). The van der Waals surface area contributed by atoms with Crippen molar-refractivity contribution in [3.05, 3.63) is 35.5 Å². The summed E-state index contributed by atoms with van der Waals surface area (Å²) in [6.07, 6.45) is 3.43. The van der Waals surface area contributed by atoms with Gasteiger partial charge in [-0.2, -0.15) is 19.7 Å². The van der Waals surface area contributed by atoms with Gasteiger partial charge in [0.1, 0.15) is 17.8 Å². The van der Waals surface area contributed by atoms with Gasteiger partial charge in [0.05, 0.1) is 5.69 Å². The van der Waals surface area contributed by atoms with Crippen molar-refractivity contribution >= 4 is 17.5 Å². The molecular weight excluding hydrogens is 344 g/mol. The van der Waals surface area contributed by atoms with Gasteiger partial charge in [0, 0.05) is 45.0 Å². The minimum absolute atomic E-state index is 0.0452. The minimum Gasteiger partial charge on any atom is -0.353 e. The van der Waals surface area contributed by atoms with Crippen molar-refractivity contribution in [2.24, 2.45) is 7.05 Å². The van der Waals surface area contributed by atoms with E-state index in [0.717, 1.165) is 43.1 Å². The Bertz CT molecular complexity index is 967. The number of hydrogen-bond donors (Lipinski definition) is 0. The van der Waals surface area contributed by atoms with Gasteiger partial charge in [0.15, 0.2) is 0 Å². The summed E-state index contributed by atoms with van der Waals surface area (Å²) in [5.41, 5.74) is 2.54. The average molecular weight is 368 g/mol. The van der Waals surface area contributed by atoms with Crippen molar-refractivity contribution in [1.29, 1.82) is 0 Å². The third-order valence-corrected chi connectivity index (χ3v) is 4.91. The summed E-state index contributed by atoms with van der Waals surface area (Å²) < 4.78 is 3.45. The predicted octanol–water partition coefficient (Wildman–Crippen LogP) is 1.08. The van der Waals surface area contributed by atoms with E-state index in [1.54, 1.807) is 9.20 Å². The Morgan fingerprint density at radius 2 is 1.96 bits per heavy atom. The second-order valence-corrected chi connectivity index (χ2v) is 6.90. The van der Waals surface area contributed by atoms with Crippen LogP contribution in [0.1, 0.15) is 35.2 Å². The lowest BCUT2D eigenvalue weighted by molar-refractivity contribution is 0.0735. The molecule has 0 unspecified atom stereocenters. The van der Waals surface area contributed by atoms with Crippen LogP contribution in [0.15, 0.2) is 18.5 Å². The molecule has 4 heterocycles. The van der Waals surface area contributed by atoms with Crippen molar-refractivity contribution < 1.29 is 4.79 Å². The van der Waals surface area contributed by atoms with Crippen LogP contribution in [-0.2, 0) is 13.5 Å². The molecule has 3 aromatic heterocycles. The molecule has 1 amide bonds. The zero-order valence-electron chi connectivity index (χ0n) is 16.0. The zero-order valence-corrected chi connectivity index (χ0v) is 16.0. The molecule has 9 heteroatoms. The van der Waals surface area contributed by atoms with E-state index in [4.69, 9.17) is 0 Å². The molecule has 27 heavy (non-hydrogen) atoms. The van der Waals surface area contributed by atoms with Gasteiger partial charge < -0.3 is 9.80 Å². The maximum atomic E-state index is 12.9. The lowest BCUT2D eigenvalue weighted by atomic mass is 10.2. The normalized spacial score (nSPS) is 14.9. The van der Waals surface area contributed by atoms with Crippen LogP contribution >= 0.6 is 0 Å². The fraction of sp³-hybridized carbons (Fsp3) is 0.500. The Hall–Kier alpha value is -2.97. The lowest BCUT2D eigenvalue weighted by Gasteiger charge is -2.35. The fourth-order valence-corrected chi connectivity index (χ4v) is 3.54. The number of rotatable bonds is 4. The highest BCUT2D eigenvalue weighted by molar-refractivity contribution is 5.92. The first kappa shape index (κ1) is 17.4. The van der Waals surface area contributed by atoms with E-state index < -0.39 is 0 Å². The molecule has 0 atom stereocenters. The highest BCUT2D eigenvalue weighted by atomic mass is 16.2. The number of carbonyl (C=O) groups excluding carboxylic acids is 1. The van der Waals surface area contributed by atoms with Crippen molar-refractivity contribution in [2.45, 2.75) is 26.7 Å². The summed E-state index contributed by atoms with van der Waals surface area (Å²) in [5, 5.41) is 8.73. The highest BCUT2D eigenvalue weighted by Gasteiger charge is 2.26. The van der Waals surface area contributed by atoms with Crippen LogP contribution in [-0.4, -0.2) is 66.3 Å². The third kappa shape index (κ3) is 3.24. The first-order valence-electron chi connectivity index (χ1n) is 9.31. The molecule has 142 valence electrons. The maximum absolute atomic E-state index is 12.9. The smallest absolute Gasteiger partial charge is 0.272 e. The molecule has 0 radical (unpaired) electrons. The Labute approximate surface area is 157 Å². The van der Waals surface area contributed by atoms with E-state index in [1.165, 1.54) is 6.33 Å². The van der Waals surface area contributed by atoms with E-state index in [-0.39, 0.29) is 5.91 Å². The Morgan fingerprint density at radius 3 is 2.70 bits per heavy atom. The number of amides is 1. The van der Waals surface area contributed by atoms with Gasteiger partial charge in [-0.05, 0) is 19.4 Å². The van der Waals surface area contributed by atoms with E-state index in [0.29, 0.717) is 24.6 Å². The van der Waals surface area contributed by atoms with E-state index >= 15 is 0 Å². The topological polar surface area (TPSA) is 84.5 Å². The number of fused-ring (bicyclic) bond motifs is 1. The summed E-state index contributed by atoms with van der Waals surface area (Å²) in [7, 11) is 1.84. The molecule has 0 bridgehead atoms. The SMILES string of the molecule is CCCc1cc(C(=O)N2CCN(c3cc(C)nc4ncnn34)CC2)n(C)n1. The highest BCUT2D eigenvalue weighted by Crippen LogP contribution is 2.19. The van der Waals surface area contributed by atoms with Crippen LogP contribution in [0.4, 0.5) is 5.82 Å². The van der Waals surface area contributed by atoms with Crippen LogP contribution in [0.25, 0.3) is 5.78 Å². The molecule has 3 aromatic rings. The van der Waals surface area contributed by atoms with E-state index in [9.17, 15) is 4.79 Å². The number of carbonyl (C=O) groups is 1. The monoisotopic (exact) mass is 368 g/mol. The van der Waals surface area contributed by atoms with Crippen LogP contribution in [0.2, 0.25) is 0 Å². The second kappa shape index (κ2) is 6.98. The standard InChI is InChI=1S/C18H24N8O/c1-4-5-14-11-15(23(3)22-14)17(27)25-8-6-24(7-9-25)16-10-13(2)21-18-19-12-20-26(16)18/h10-12H,4-9H2,1-3H3.